The van der Waals surface area contributed by atoms with Crippen molar-refractivity contribution in [2.75, 3.05) is 18.4 Å². The summed E-state index contributed by atoms with van der Waals surface area (Å²) in [5.74, 6) is -2.20. The van der Waals surface area contributed by atoms with Gasteiger partial charge in [-0.2, -0.15) is 4.31 Å². The highest BCUT2D eigenvalue weighted by atomic mass is 32.2. The van der Waals surface area contributed by atoms with Crippen molar-refractivity contribution in [3.63, 3.8) is 0 Å². The van der Waals surface area contributed by atoms with Crippen LogP contribution < -0.4 is 5.32 Å². The number of carbonyl (C=O) groups excluding carboxylic acids is 1. The second-order valence-corrected chi connectivity index (χ2v) is 8.40. The summed E-state index contributed by atoms with van der Waals surface area (Å²) in [5.41, 5.74) is 1.38. The molecule has 0 aliphatic rings. The van der Waals surface area contributed by atoms with E-state index in [0.717, 1.165) is 24.3 Å². The van der Waals surface area contributed by atoms with Gasteiger partial charge in [0.2, 0.25) is 15.9 Å². The van der Waals surface area contributed by atoms with Crippen molar-refractivity contribution >= 4 is 27.7 Å². The third-order valence-corrected chi connectivity index (χ3v) is 6.67. The summed E-state index contributed by atoms with van der Waals surface area (Å²) >= 11 is 0. The van der Waals surface area contributed by atoms with Crippen molar-refractivity contribution in [3.05, 3.63) is 64.7 Å². The van der Waals surface area contributed by atoms with Crippen LogP contribution in [0.15, 0.2) is 41.3 Å². The van der Waals surface area contributed by atoms with Crippen LogP contribution in [0, 0.1) is 25.5 Å². The number of halogens is 2. The second kappa shape index (κ2) is 9.28. The topological polar surface area (TPSA) is 66.5 Å². The Morgan fingerprint density at radius 2 is 1.69 bits per heavy atom. The molecule has 2 aromatic rings. The highest BCUT2D eigenvalue weighted by Crippen LogP contribution is 2.26. The molecule has 0 fully saturated rings. The molecular weight excluding hydrogens is 398 g/mol. The molecule has 0 saturated carbocycles. The lowest BCUT2D eigenvalue weighted by atomic mass is 10.1. The van der Waals surface area contributed by atoms with Gasteiger partial charge in [-0.25, -0.2) is 17.2 Å². The quantitative estimate of drug-likeness (QED) is 0.678. The lowest BCUT2D eigenvalue weighted by molar-refractivity contribution is -0.111. The molecule has 5 nitrogen and oxygen atoms in total. The van der Waals surface area contributed by atoms with Gasteiger partial charge in [0, 0.05) is 30.4 Å². The third kappa shape index (κ3) is 5.07. The molecule has 2 aromatic carbocycles. The Labute approximate surface area is 170 Å². The Kier molecular flexibility index (Phi) is 7.26. The number of amides is 1. The molecule has 1 amide bonds. The maximum Gasteiger partial charge on any atom is 0.248 e. The Bertz CT molecular complexity index is 1030. The molecular formula is C21H24F2N2O3S. The van der Waals surface area contributed by atoms with Gasteiger partial charge in [-0.1, -0.05) is 19.9 Å². The standard InChI is InChI=1S/C21H24F2N2O3S/c1-5-25(6-2)29(27,28)16-12-14(3)15(4)20(13-16)24-21(26)11-10-17-18(22)8-7-9-19(17)23/h7-13H,5-6H2,1-4H3,(H,24,26)/b11-10+. The predicted molar refractivity (Wildman–Crippen MR) is 110 cm³/mol. The molecule has 0 radical (unpaired) electrons. The Balaban J connectivity index is 2.34. The van der Waals surface area contributed by atoms with Crippen molar-refractivity contribution in [1.82, 2.24) is 4.31 Å². The normalized spacial score (nSPS) is 12.0. The fraction of sp³-hybridized carbons (Fsp3) is 0.286. The lowest BCUT2D eigenvalue weighted by Gasteiger charge is -2.20. The first kappa shape index (κ1) is 22.7. The van der Waals surface area contributed by atoms with Gasteiger partial charge in [-0.15, -0.1) is 0 Å². The van der Waals surface area contributed by atoms with Gasteiger partial charge in [-0.3, -0.25) is 4.79 Å². The van der Waals surface area contributed by atoms with E-state index in [4.69, 9.17) is 0 Å². The van der Waals surface area contributed by atoms with Gasteiger partial charge in [0.1, 0.15) is 11.6 Å². The first-order valence-electron chi connectivity index (χ1n) is 9.16. The zero-order chi connectivity index (χ0) is 21.8. The highest BCUT2D eigenvalue weighted by molar-refractivity contribution is 7.89. The number of hydrogen-bond acceptors (Lipinski definition) is 3. The van der Waals surface area contributed by atoms with E-state index in [0.29, 0.717) is 29.9 Å². The van der Waals surface area contributed by atoms with Crippen LogP contribution in [0.3, 0.4) is 0 Å². The zero-order valence-electron chi connectivity index (χ0n) is 16.8. The number of nitrogens with one attached hydrogen (secondary N) is 1. The summed E-state index contributed by atoms with van der Waals surface area (Å²) in [6.45, 7) is 7.64. The number of aryl methyl sites for hydroxylation is 1. The van der Waals surface area contributed by atoms with E-state index in [1.165, 1.54) is 16.4 Å². The number of sulfonamides is 1. The van der Waals surface area contributed by atoms with Crippen molar-refractivity contribution in [1.29, 1.82) is 0 Å². The van der Waals surface area contributed by atoms with Crippen molar-refractivity contribution in [2.24, 2.45) is 0 Å². The Morgan fingerprint density at radius 3 is 2.24 bits per heavy atom. The number of nitrogens with zero attached hydrogens (tertiary/aromatic N) is 1. The highest BCUT2D eigenvalue weighted by Gasteiger charge is 2.23. The van der Waals surface area contributed by atoms with E-state index in [-0.39, 0.29) is 10.5 Å². The van der Waals surface area contributed by atoms with Crippen molar-refractivity contribution in [2.45, 2.75) is 32.6 Å². The summed E-state index contributed by atoms with van der Waals surface area (Å²) < 4.78 is 54.3. The minimum absolute atomic E-state index is 0.0729. The monoisotopic (exact) mass is 422 g/mol. The first-order valence-corrected chi connectivity index (χ1v) is 10.6. The van der Waals surface area contributed by atoms with E-state index >= 15 is 0 Å². The minimum atomic E-state index is -3.70. The second-order valence-electron chi connectivity index (χ2n) is 6.46. The molecule has 1 N–H and O–H groups in total. The summed E-state index contributed by atoms with van der Waals surface area (Å²) in [6, 6.07) is 6.37. The number of carbonyl (C=O) groups is 1. The lowest BCUT2D eigenvalue weighted by Crippen LogP contribution is -2.30. The Hall–Kier alpha value is -2.58. The van der Waals surface area contributed by atoms with Gasteiger partial charge in [-0.05, 0) is 55.3 Å². The van der Waals surface area contributed by atoms with E-state index < -0.39 is 27.6 Å². The zero-order valence-corrected chi connectivity index (χ0v) is 17.6. The number of anilines is 1. The minimum Gasteiger partial charge on any atom is -0.322 e. The molecule has 0 aliphatic heterocycles. The average Bonchev–Trinajstić information content (AvgIpc) is 2.65. The molecule has 0 unspecified atom stereocenters. The first-order chi connectivity index (χ1) is 13.6. The maximum atomic E-state index is 13.7. The molecule has 0 aliphatic carbocycles. The smallest absolute Gasteiger partial charge is 0.248 e. The van der Waals surface area contributed by atoms with E-state index in [2.05, 4.69) is 5.32 Å². The fourth-order valence-electron chi connectivity index (χ4n) is 2.82. The van der Waals surface area contributed by atoms with Crippen molar-refractivity contribution in [3.8, 4) is 0 Å². The van der Waals surface area contributed by atoms with Gasteiger partial charge in [0.05, 0.1) is 4.90 Å². The van der Waals surface area contributed by atoms with Gasteiger partial charge < -0.3 is 5.32 Å². The summed E-state index contributed by atoms with van der Waals surface area (Å²) in [7, 11) is -3.70. The maximum absolute atomic E-state index is 13.7. The molecule has 0 saturated heterocycles. The number of rotatable bonds is 7. The molecule has 2 rings (SSSR count). The van der Waals surface area contributed by atoms with Crippen LogP contribution >= 0.6 is 0 Å². The molecule has 0 bridgehead atoms. The molecule has 0 spiro atoms. The molecule has 8 heteroatoms. The summed E-state index contributed by atoms with van der Waals surface area (Å²) in [5, 5.41) is 2.59. The summed E-state index contributed by atoms with van der Waals surface area (Å²) in [4.78, 5) is 12.3. The van der Waals surface area contributed by atoms with Gasteiger partial charge in [0.15, 0.2) is 0 Å². The van der Waals surface area contributed by atoms with Crippen LogP contribution in [-0.2, 0) is 14.8 Å². The summed E-state index contributed by atoms with van der Waals surface area (Å²) in [6.07, 6.45) is 2.04. The van der Waals surface area contributed by atoms with Gasteiger partial charge in [0.25, 0.3) is 0 Å². The van der Waals surface area contributed by atoms with Crippen LogP contribution in [-0.4, -0.2) is 31.7 Å². The molecule has 29 heavy (non-hydrogen) atoms. The van der Waals surface area contributed by atoms with E-state index in [1.807, 2.05) is 0 Å². The molecule has 156 valence electrons. The van der Waals surface area contributed by atoms with Crippen LogP contribution in [0.2, 0.25) is 0 Å². The van der Waals surface area contributed by atoms with Crippen molar-refractivity contribution < 1.29 is 22.0 Å². The molecule has 0 atom stereocenters. The van der Waals surface area contributed by atoms with Crippen LogP contribution in [0.25, 0.3) is 6.08 Å². The third-order valence-electron chi connectivity index (χ3n) is 4.64. The van der Waals surface area contributed by atoms with E-state index in [9.17, 15) is 22.0 Å². The molecule has 0 heterocycles. The van der Waals surface area contributed by atoms with Gasteiger partial charge >= 0.3 is 0 Å². The van der Waals surface area contributed by atoms with Crippen LogP contribution in [0.5, 0.6) is 0 Å². The fourth-order valence-corrected chi connectivity index (χ4v) is 4.39. The largest absolute Gasteiger partial charge is 0.322 e. The number of benzene rings is 2. The van der Waals surface area contributed by atoms with E-state index in [1.54, 1.807) is 33.8 Å². The van der Waals surface area contributed by atoms with Crippen LogP contribution in [0.1, 0.15) is 30.5 Å². The SMILES string of the molecule is CCN(CC)S(=O)(=O)c1cc(C)c(C)c(NC(=O)/C=C/c2c(F)cccc2F)c1. The Morgan fingerprint density at radius 1 is 1.10 bits per heavy atom. The molecule has 0 aromatic heterocycles. The average molecular weight is 422 g/mol. The van der Waals surface area contributed by atoms with Crippen LogP contribution in [0.4, 0.5) is 14.5 Å². The number of hydrogen-bond donors (Lipinski definition) is 1. The predicted octanol–water partition coefficient (Wildman–Crippen LogP) is 4.26.